The van der Waals surface area contributed by atoms with Crippen molar-refractivity contribution < 1.29 is 4.79 Å². The number of aryl methyl sites for hydroxylation is 1. The summed E-state index contributed by atoms with van der Waals surface area (Å²) in [6.07, 6.45) is 0.919. The molecule has 25 heavy (non-hydrogen) atoms. The van der Waals surface area contributed by atoms with Crippen LogP contribution in [-0.2, 0) is 26.6 Å². The number of aromatic nitrogens is 1. The van der Waals surface area contributed by atoms with Gasteiger partial charge in [0.1, 0.15) is 5.69 Å². The number of hydrogen-bond donors (Lipinski definition) is 1. The molecule has 128 valence electrons. The van der Waals surface area contributed by atoms with Gasteiger partial charge >= 0.3 is 0 Å². The number of amides is 1. The first-order chi connectivity index (χ1) is 12.2. The van der Waals surface area contributed by atoms with Crippen molar-refractivity contribution in [1.82, 2.24) is 14.8 Å². The van der Waals surface area contributed by atoms with Crippen molar-refractivity contribution in [2.45, 2.75) is 19.5 Å². The maximum atomic E-state index is 13.1. The third-order valence-electron chi connectivity index (χ3n) is 5.12. The van der Waals surface area contributed by atoms with Crippen LogP contribution in [0.2, 0.25) is 0 Å². The number of benzene rings is 2. The van der Waals surface area contributed by atoms with Gasteiger partial charge in [0.25, 0.3) is 5.91 Å². The van der Waals surface area contributed by atoms with Gasteiger partial charge in [-0.25, -0.2) is 0 Å². The third kappa shape index (κ3) is 2.83. The van der Waals surface area contributed by atoms with E-state index in [-0.39, 0.29) is 5.91 Å². The zero-order valence-electron chi connectivity index (χ0n) is 14.7. The standard InChI is InChI=1S/C21H23N3O/c1-22-13-15-7-8-18-14-24(10-9-16(18)11-15)21(25)20-12-17-5-3-4-6-19(17)23(20)2/h3-8,11-12,22H,9-10,13-14H2,1-2H3. The molecule has 2 aromatic carbocycles. The molecule has 0 saturated heterocycles. The van der Waals surface area contributed by atoms with E-state index in [1.165, 1.54) is 16.7 Å². The molecular formula is C21H23N3O. The van der Waals surface area contributed by atoms with Crippen molar-refractivity contribution in [2.75, 3.05) is 13.6 Å². The molecule has 0 aliphatic carbocycles. The summed E-state index contributed by atoms with van der Waals surface area (Å²) in [5.41, 5.74) is 5.79. The average Bonchev–Trinajstić information content (AvgIpc) is 2.98. The Morgan fingerprint density at radius 3 is 2.76 bits per heavy atom. The molecule has 2 heterocycles. The number of rotatable bonds is 3. The minimum absolute atomic E-state index is 0.114. The van der Waals surface area contributed by atoms with Crippen LogP contribution < -0.4 is 5.32 Å². The molecule has 4 nitrogen and oxygen atoms in total. The van der Waals surface area contributed by atoms with E-state index >= 15 is 0 Å². The van der Waals surface area contributed by atoms with Crippen molar-refractivity contribution in [3.63, 3.8) is 0 Å². The second kappa shape index (κ2) is 6.37. The Labute approximate surface area is 148 Å². The zero-order valence-corrected chi connectivity index (χ0v) is 14.7. The first kappa shape index (κ1) is 15.9. The predicted octanol–water partition coefficient (Wildman–Crippen LogP) is 3.10. The summed E-state index contributed by atoms with van der Waals surface area (Å²) in [6.45, 7) is 2.34. The van der Waals surface area contributed by atoms with Gasteiger partial charge in [-0.15, -0.1) is 0 Å². The summed E-state index contributed by atoms with van der Waals surface area (Å²) >= 11 is 0. The van der Waals surface area contributed by atoms with Crippen LogP contribution in [0.3, 0.4) is 0 Å². The SMILES string of the molecule is CNCc1ccc2c(c1)CCN(C(=O)c1cc3ccccc3n1C)C2. The zero-order chi connectivity index (χ0) is 17.4. The van der Waals surface area contributed by atoms with Crippen LogP contribution in [0.1, 0.15) is 27.2 Å². The van der Waals surface area contributed by atoms with E-state index in [9.17, 15) is 4.79 Å². The molecule has 1 aromatic heterocycles. The molecule has 3 aromatic rings. The fourth-order valence-corrected chi connectivity index (χ4v) is 3.75. The molecule has 0 saturated carbocycles. The Balaban J connectivity index is 1.60. The second-order valence-corrected chi connectivity index (χ2v) is 6.76. The number of hydrogen-bond acceptors (Lipinski definition) is 2. The average molecular weight is 333 g/mol. The normalized spacial score (nSPS) is 13.9. The largest absolute Gasteiger partial charge is 0.340 e. The van der Waals surface area contributed by atoms with Crippen LogP contribution in [0.4, 0.5) is 0 Å². The van der Waals surface area contributed by atoms with E-state index < -0.39 is 0 Å². The lowest BCUT2D eigenvalue weighted by Crippen LogP contribution is -2.36. The van der Waals surface area contributed by atoms with Crippen LogP contribution >= 0.6 is 0 Å². The van der Waals surface area contributed by atoms with E-state index in [2.05, 4.69) is 35.6 Å². The highest BCUT2D eigenvalue weighted by molar-refractivity contribution is 5.98. The van der Waals surface area contributed by atoms with Crippen molar-refractivity contribution in [3.8, 4) is 0 Å². The molecule has 1 N–H and O–H groups in total. The number of carbonyl (C=O) groups is 1. The summed E-state index contributed by atoms with van der Waals surface area (Å²) in [5.74, 6) is 0.114. The van der Waals surface area contributed by atoms with Crippen LogP contribution in [0.15, 0.2) is 48.5 Å². The van der Waals surface area contributed by atoms with Gasteiger partial charge in [-0.05, 0) is 42.3 Å². The van der Waals surface area contributed by atoms with Gasteiger partial charge < -0.3 is 14.8 Å². The van der Waals surface area contributed by atoms with E-state index in [1.54, 1.807) is 0 Å². The number of carbonyl (C=O) groups excluding carboxylic acids is 1. The molecule has 1 amide bonds. The van der Waals surface area contributed by atoms with Crippen molar-refractivity contribution >= 4 is 16.8 Å². The molecule has 4 heteroatoms. The molecule has 1 aliphatic rings. The Morgan fingerprint density at radius 1 is 1.12 bits per heavy atom. The van der Waals surface area contributed by atoms with Crippen LogP contribution in [0.25, 0.3) is 10.9 Å². The summed E-state index contributed by atoms with van der Waals surface area (Å²) in [7, 11) is 3.93. The quantitative estimate of drug-likeness (QED) is 0.800. The maximum absolute atomic E-state index is 13.1. The minimum atomic E-state index is 0.114. The number of fused-ring (bicyclic) bond motifs is 2. The predicted molar refractivity (Wildman–Crippen MR) is 101 cm³/mol. The van der Waals surface area contributed by atoms with Crippen molar-refractivity contribution in [1.29, 1.82) is 0 Å². The lowest BCUT2D eigenvalue weighted by molar-refractivity contribution is 0.0725. The Bertz CT molecular complexity index is 941. The maximum Gasteiger partial charge on any atom is 0.270 e. The first-order valence-electron chi connectivity index (χ1n) is 8.76. The first-order valence-corrected chi connectivity index (χ1v) is 8.76. The smallest absolute Gasteiger partial charge is 0.270 e. The highest BCUT2D eigenvalue weighted by Gasteiger charge is 2.24. The molecule has 0 spiro atoms. The van der Waals surface area contributed by atoms with Gasteiger partial charge in [-0.1, -0.05) is 36.4 Å². The van der Waals surface area contributed by atoms with Crippen LogP contribution in [0.5, 0.6) is 0 Å². The molecule has 0 unspecified atom stereocenters. The van der Waals surface area contributed by atoms with Gasteiger partial charge in [-0.2, -0.15) is 0 Å². The van der Waals surface area contributed by atoms with Crippen LogP contribution in [0, 0.1) is 0 Å². The van der Waals surface area contributed by atoms with E-state index in [0.717, 1.165) is 36.1 Å². The monoisotopic (exact) mass is 333 g/mol. The fraction of sp³-hybridized carbons (Fsp3) is 0.286. The molecule has 1 aliphatic heterocycles. The summed E-state index contributed by atoms with van der Waals surface area (Å²) in [5, 5.41) is 4.30. The fourth-order valence-electron chi connectivity index (χ4n) is 3.75. The summed E-state index contributed by atoms with van der Waals surface area (Å²) in [6, 6.07) is 16.7. The number of nitrogens with zero attached hydrogens (tertiary/aromatic N) is 2. The van der Waals surface area contributed by atoms with E-state index in [1.807, 2.05) is 41.8 Å². The topological polar surface area (TPSA) is 37.3 Å². The minimum Gasteiger partial charge on any atom is -0.340 e. The summed E-state index contributed by atoms with van der Waals surface area (Å²) < 4.78 is 2.00. The van der Waals surface area contributed by atoms with E-state index in [0.29, 0.717) is 6.54 Å². The lowest BCUT2D eigenvalue weighted by Gasteiger charge is -2.29. The van der Waals surface area contributed by atoms with E-state index in [4.69, 9.17) is 0 Å². The molecule has 0 atom stereocenters. The highest BCUT2D eigenvalue weighted by atomic mass is 16.2. The molecule has 4 rings (SSSR count). The molecule has 0 radical (unpaired) electrons. The number of nitrogens with one attached hydrogen (secondary N) is 1. The van der Waals surface area contributed by atoms with Crippen molar-refractivity contribution in [2.24, 2.45) is 7.05 Å². The Morgan fingerprint density at radius 2 is 1.96 bits per heavy atom. The molecule has 0 fully saturated rings. The van der Waals surface area contributed by atoms with Gasteiger partial charge in [0.15, 0.2) is 0 Å². The second-order valence-electron chi connectivity index (χ2n) is 6.76. The Hall–Kier alpha value is -2.59. The lowest BCUT2D eigenvalue weighted by atomic mass is 9.97. The van der Waals surface area contributed by atoms with Crippen molar-refractivity contribution in [3.05, 3.63) is 70.9 Å². The van der Waals surface area contributed by atoms with Gasteiger partial charge in [-0.3, -0.25) is 4.79 Å². The highest BCUT2D eigenvalue weighted by Crippen LogP contribution is 2.24. The van der Waals surface area contributed by atoms with Crippen LogP contribution in [-0.4, -0.2) is 29.0 Å². The molecule has 0 bridgehead atoms. The number of para-hydroxylation sites is 1. The Kier molecular flexibility index (Phi) is 4.06. The van der Waals surface area contributed by atoms with Gasteiger partial charge in [0.05, 0.1) is 0 Å². The van der Waals surface area contributed by atoms with Gasteiger partial charge in [0, 0.05) is 37.6 Å². The summed E-state index contributed by atoms with van der Waals surface area (Å²) in [4.78, 5) is 15.0. The van der Waals surface area contributed by atoms with Gasteiger partial charge in [0.2, 0.25) is 0 Å². The third-order valence-corrected chi connectivity index (χ3v) is 5.12. The molecular weight excluding hydrogens is 310 g/mol.